The molecule has 0 spiro atoms. The highest BCUT2D eigenvalue weighted by Crippen LogP contribution is 2.22. The summed E-state index contributed by atoms with van der Waals surface area (Å²) in [5, 5.41) is 7.28. The third-order valence-electron chi connectivity index (χ3n) is 5.08. The minimum atomic E-state index is 0. The van der Waals surface area contributed by atoms with Gasteiger partial charge in [0, 0.05) is 61.8 Å². The second-order valence-electron chi connectivity index (χ2n) is 7.62. The molecule has 7 nitrogen and oxygen atoms in total. The van der Waals surface area contributed by atoms with Crippen LogP contribution in [0.2, 0.25) is 0 Å². The summed E-state index contributed by atoms with van der Waals surface area (Å²) < 4.78 is 0. The first-order valence-electron chi connectivity index (χ1n) is 11.2. The van der Waals surface area contributed by atoms with E-state index in [-0.39, 0.29) is 24.0 Å². The summed E-state index contributed by atoms with van der Waals surface area (Å²) in [6, 6.07) is 12.4. The molecule has 0 aliphatic carbocycles. The summed E-state index contributed by atoms with van der Waals surface area (Å²) in [5.41, 5.74) is 0. The van der Waals surface area contributed by atoms with E-state index in [1.807, 2.05) is 30.2 Å². The number of halogens is 1. The summed E-state index contributed by atoms with van der Waals surface area (Å²) in [5.74, 6) is 1.75. The van der Waals surface area contributed by atoms with Gasteiger partial charge in [0.1, 0.15) is 0 Å². The lowest BCUT2D eigenvalue weighted by Crippen LogP contribution is -2.47. The van der Waals surface area contributed by atoms with Gasteiger partial charge in [-0.15, -0.1) is 35.7 Å². The SMILES string of the molecule is CCNC(=NCC(C)Sc1ccccc1)NCCCN1CCN(c2ncccn2)CC1.I. The Morgan fingerprint density at radius 2 is 1.78 bits per heavy atom. The largest absolute Gasteiger partial charge is 0.357 e. The zero-order valence-electron chi connectivity index (χ0n) is 19.1. The van der Waals surface area contributed by atoms with Gasteiger partial charge in [-0.25, -0.2) is 9.97 Å². The van der Waals surface area contributed by atoms with E-state index in [4.69, 9.17) is 4.99 Å². The Balaban J connectivity index is 0.00000363. The minimum absolute atomic E-state index is 0. The summed E-state index contributed by atoms with van der Waals surface area (Å²) in [7, 11) is 0. The predicted molar refractivity (Wildman–Crippen MR) is 146 cm³/mol. The van der Waals surface area contributed by atoms with E-state index < -0.39 is 0 Å². The van der Waals surface area contributed by atoms with E-state index in [9.17, 15) is 0 Å². The Bertz CT molecular complexity index is 770. The second kappa shape index (κ2) is 15.3. The summed E-state index contributed by atoms with van der Waals surface area (Å²) >= 11 is 1.87. The molecular formula is C23H36IN7S. The number of hydrogen-bond acceptors (Lipinski definition) is 6. The maximum Gasteiger partial charge on any atom is 0.225 e. The highest BCUT2D eigenvalue weighted by Gasteiger charge is 2.18. The van der Waals surface area contributed by atoms with Crippen LogP contribution in [0.3, 0.4) is 0 Å². The monoisotopic (exact) mass is 569 g/mol. The van der Waals surface area contributed by atoms with Gasteiger partial charge in [-0.05, 0) is 38.1 Å². The molecule has 1 aromatic heterocycles. The van der Waals surface area contributed by atoms with Crippen LogP contribution in [0.5, 0.6) is 0 Å². The standard InChI is InChI=1S/C23H35N7S.HI/c1-3-24-22(28-19-20(2)31-21-9-5-4-6-10-21)25-13-8-14-29-15-17-30(18-16-29)23-26-11-7-12-27-23;/h4-7,9-12,20H,3,8,13-19H2,1-2H3,(H2,24,25,28);1H. The zero-order valence-corrected chi connectivity index (χ0v) is 22.3. The molecule has 1 saturated heterocycles. The number of rotatable bonds is 10. The maximum absolute atomic E-state index is 4.78. The van der Waals surface area contributed by atoms with Crippen LogP contribution < -0.4 is 15.5 Å². The zero-order chi connectivity index (χ0) is 21.7. The van der Waals surface area contributed by atoms with Gasteiger partial charge in [0.25, 0.3) is 0 Å². The third-order valence-corrected chi connectivity index (χ3v) is 6.18. The van der Waals surface area contributed by atoms with Crippen LogP contribution in [0.15, 0.2) is 58.7 Å². The maximum atomic E-state index is 4.78. The van der Waals surface area contributed by atoms with E-state index in [2.05, 4.69) is 74.6 Å². The molecule has 1 aliphatic heterocycles. The van der Waals surface area contributed by atoms with Crippen molar-refractivity contribution in [2.75, 3.05) is 57.3 Å². The Kier molecular flexibility index (Phi) is 12.7. The first kappa shape index (κ1) is 26.7. The molecule has 0 amide bonds. The van der Waals surface area contributed by atoms with Gasteiger partial charge in [-0.3, -0.25) is 9.89 Å². The Hall–Kier alpha value is -1.59. The third kappa shape index (κ3) is 9.50. The summed E-state index contributed by atoms with van der Waals surface area (Å²) in [4.78, 5) is 19.6. The van der Waals surface area contributed by atoms with Crippen LogP contribution in [-0.2, 0) is 0 Å². The molecule has 9 heteroatoms. The van der Waals surface area contributed by atoms with Crippen molar-refractivity contribution in [2.24, 2.45) is 4.99 Å². The molecule has 1 aromatic carbocycles. The average Bonchev–Trinajstić information content (AvgIpc) is 2.82. The van der Waals surface area contributed by atoms with Crippen molar-refractivity contribution in [1.29, 1.82) is 0 Å². The lowest BCUT2D eigenvalue weighted by atomic mass is 10.3. The smallest absolute Gasteiger partial charge is 0.225 e. The number of aliphatic imine (C=N–C) groups is 1. The Labute approximate surface area is 213 Å². The van der Waals surface area contributed by atoms with Gasteiger partial charge >= 0.3 is 0 Å². The van der Waals surface area contributed by atoms with Gasteiger partial charge in [0.2, 0.25) is 5.95 Å². The number of piperazine rings is 1. The molecule has 1 atom stereocenters. The van der Waals surface area contributed by atoms with Crippen LogP contribution in [0.1, 0.15) is 20.3 Å². The minimum Gasteiger partial charge on any atom is -0.357 e. The number of nitrogens with zero attached hydrogens (tertiary/aromatic N) is 5. The van der Waals surface area contributed by atoms with E-state index in [1.54, 1.807) is 0 Å². The number of benzene rings is 1. The van der Waals surface area contributed by atoms with Crippen molar-refractivity contribution in [3.63, 3.8) is 0 Å². The number of hydrogen-bond donors (Lipinski definition) is 2. The van der Waals surface area contributed by atoms with Crippen LogP contribution in [0.4, 0.5) is 5.95 Å². The molecule has 0 bridgehead atoms. The fourth-order valence-electron chi connectivity index (χ4n) is 3.47. The van der Waals surface area contributed by atoms with Crippen LogP contribution >= 0.6 is 35.7 Å². The van der Waals surface area contributed by atoms with Gasteiger partial charge in [-0.2, -0.15) is 0 Å². The molecule has 176 valence electrons. The fourth-order valence-corrected chi connectivity index (χ4v) is 4.39. The van der Waals surface area contributed by atoms with Crippen LogP contribution in [-0.4, -0.2) is 78.4 Å². The molecule has 2 aromatic rings. The number of guanidine groups is 1. The number of thioether (sulfide) groups is 1. The Morgan fingerprint density at radius 1 is 1.06 bits per heavy atom. The first-order valence-corrected chi connectivity index (χ1v) is 12.1. The van der Waals surface area contributed by atoms with Crippen molar-refractivity contribution in [2.45, 2.75) is 30.4 Å². The first-order chi connectivity index (χ1) is 15.2. The van der Waals surface area contributed by atoms with Gasteiger partial charge in [0.15, 0.2) is 5.96 Å². The van der Waals surface area contributed by atoms with Crippen molar-refractivity contribution in [3.05, 3.63) is 48.8 Å². The van der Waals surface area contributed by atoms with E-state index >= 15 is 0 Å². The van der Waals surface area contributed by atoms with E-state index in [0.29, 0.717) is 5.25 Å². The fraction of sp³-hybridized carbons (Fsp3) is 0.522. The highest BCUT2D eigenvalue weighted by atomic mass is 127. The molecular weight excluding hydrogens is 533 g/mol. The molecule has 1 unspecified atom stereocenters. The average molecular weight is 570 g/mol. The molecule has 0 radical (unpaired) electrons. The number of nitrogens with one attached hydrogen (secondary N) is 2. The van der Waals surface area contributed by atoms with Gasteiger partial charge in [0.05, 0.1) is 6.54 Å². The van der Waals surface area contributed by atoms with Crippen molar-refractivity contribution in [3.8, 4) is 0 Å². The molecule has 3 rings (SSSR count). The highest BCUT2D eigenvalue weighted by molar-refractivity contribution is 14.0. The van der Waals surface area contributed by atoms with Crippen LogP contribution in [0.25, 0.3) is 0 Å². The summed E-state index contributed by atoms with van der Waals surface area (Å²) in [6.45, 7) is 12.1. The molecule has 1 aliphatic rings. The lowest BCUT2D eigenvalue weighted by molar-refractivity contribution is 0.254. The lowest BCUT2D eigenvalue weighted by Gasteiger charge is -2.34. The predicted octanol–water partition coefficient (Wildman–Crippen LogP) is 3.34. The Morgan fingerprint density at radius 3 is 2.47 bits per heavy atom. The molecule has 1 fully saturated rings. The van der Waals surface area contributed by atoms with Crippen molar-refractivity contribution >= 4 is 47.6 Å². The van der Waals surface area contributed by atoms with Crippen molar-refractivity contribution in [1.82, 2.24) is 25.5 Å². The molecule has 2 N–H and O–H groups in total. The quantitative estimate of drug-likeness (QED) is 0.150. The van der Waals surface area contributed by atoms with E-state index in [1.165, 1.54) is 4.90 Å². The van der Waals surface area contributed by atoms with Gasteiger partial charge < -0.3 is 15.5 Å². The normalized spacial score (nSPS) is 15.7. The number of aromatic nitrogens is 2. The molecule has 32 heavy (non-hydrogen) atoms. The molecule has 0 saturated carbocycles. The number of anilines is 1. The van der Waals surface area contributed by atoms with Crippen molar-refractivity contribution < 1.29 is 0 Å². The van der Waals surface area contributed by atoms with E-state index in [0.717, 1.165) is 70.7 Å². The molecule has 2 heterocycles. The van der Waals surface area contributed by atoms with Gasteiger partial charge in [-0.1, -0.05) is 25.1 Å². The van der Waals surface area contributed by atoms with Crippen LogP contribution in [0, 0.1) is 0 Å². The topological polar surface area (TPSA) is 68.7 Å². The second-order valence-corrected chi connectivity index (χ2v) is 9.13. The summed E-state index contributed by atoms with van der Waals surface area (Å²) in [6.07, 6.45) is 4.72.